The van der Waals surface area contributed by atoms with Gasteiger partial charge in [0, 0.05) is 0 Å². The van der Waals surface area contributed by atoms with Gasteiger partial charge in [0.25, 0.3) is 0 Å². The van der Waals surface area contributed by atoms with Crippen LogP contribution in [0.5, 0.6) is 0 Å². The Bertz CT molecular complexity index is 367. The molecule has 0 amide bonds. The molecule has 0 aromatic heterocycles. The standard InChI is InChI=1S/C15H22FN/c1-12-6-8-15(11-17,9-7-12)10-13-4-2-3-5-14(13)16/h2-5,12H,6-11,17H2,1H3. The number of benzene rings is 1. The monoisotopic (exact) mass is 235 g/mol. The Morgan fingerprint density at radius 2 is 1.94 bits per heavy atom. The van der Waals surface area contributed by atoms with E-state index in [1.54, 1.807) is 12.1 Å². The normalized spacial score (nSPS) is 29.2. The first-order chi connectivity index (χ1) is 8.15. The van der Waals surface area contributed by atoms with Gasteiger partial charge in [-0.1, -0.05) is 38.0 Å². The van der Waals surface area contributed by atoms with Gasteiger partial charge in [-0.05, 0) is 48.8 Å². The lowest BCUT2D eigenvalue weighted by atomic mass is 9.68. The maximum absolute atomic E-state index is 13.7. The molecule has 0 radical (unpaired) electrons. The Morgan fingerprint density at radius 3 is 2.53 bits per heavy atom. The summed E-state index contributed by atoms with van der Waals surface area (Å²) in [6, 6.07) is 7.10. The van der Waals surface area contributed by atoms with Gasteiger partial charge in [-0.3, -0.25) is 0 Å². The smallest absolute Gasteiger partial charge is 0.126 e. The minimum Gasteiger partial charge on any atom is -0.330 e. The third-order valence-corrected chi connectivity index (χ3v) is 4.29. The second-order valence-corrected chi connectivity index (χ2v) is 5.65. The van der Waals surface area contributed by atoms with Gasteiger partial charge in [0.15, 0.2) is 0 Å². The van der Waals surface area contributed by atoms with Gasteiger partial charge < -0.3 is 5.73 Å². The molecule has 2 rings (SSSR count). The van der Waals surface area contributed by atoms with Gasteiger partial charge in [-0.2, -0.15) is 0 Å². The largest absolute Gasteiger partial charge is 0.330 e. The molecule has 2 N–H and O–H groups in total. The molecular formula is C15H22FN. The summed E-state index contributed by atoms with van der Waals surface area (Å²) in [5.74, 6) is 0.717. The molecule has 0 heterocycles. The Morgan fingerprint density at radius 1 is 1.29 bits per heavy atom. The van der Waals surface area contributed by atoms with Crippen LogP contribution in [0.1, 0.15) is 38.2 Å². The third kappa shape index (κ3) is 2.86. The fourth-order valence-electron chi connectivity index (χ4n) is 2.87. The Hall–Kier alpha value is -0.890. The molecule has 2 heteroatoms. The molecular weight excluding hydrogens is 213 g/mol. The Labute approximate surface area is 103 Å². The molecule has 17 heavy (non-hydrogen) atoms. The van der Waals surface area contributed by atoms with Crippen LogP contribution in [0, 0.1) is 17.2 Å². The molecule has 94 valence electrons. The van der Waals surface area contributed by atoms with Crippen LogP contribution in [0.15, 0.2) is 24.3 Å². The van der Waals surface area contributed by atoms with E-state index < -0.39 is 0 Å². The van der Waals surface area contributed by atoms with E-state index in [2.05, 4.69) is 6.92 Å². The van der Waals surface area contributed by atoms with Crippen molar-refractivity contribution in [3.05, 3.63) is 35.6 Å². The first kappa shape index (κ1) is 12.6. The molecule has 1 aromatic carbocycles. The van der Waals surface area contributed by atoms with Gasteiger partial charge in [0.2, 0.25) is 0 Å². The SMILES string of the molecule is CC1CCC(CN)(Cc2ccccc2F)CC1. The van der Waals surface area contributed by atoms with Crippen LogP contribution in [0.4, 0.5) is 4.39 Å². The van der Waals surface area contributed by atoms with Crippen LogP contribution in [0.3, 0.4) is 0 Å². The molecule has 1 aliphatic carbocycles. The van der Waals surface area contributed by atoms with Crippen molar-refractivity contribution in [3.8, 4) is 0 Å². The van der Waals surface area contributed by atoms with E-state index in [-0.39, 0.29) is 11.2 Å². The van der Waals surface area contributed by atoms with E-state index >= 15 is 0 Å². The van der Waals surface area contributed by atoms with E-state index in [0.29, 0.717) is 6.54 Å². The second-order valence-electron chi connectivity index (χ2n) is 5.65. The molecule has 1 saturated carbocycles. The molecule has 0 spiro atoms. The third-order valence-electron chi connectivity index (χ3n) is 4.29. The van der Waals surface area contributed by atoms with Crippen LogP contribution in [0.25, 0.3) is 0 Å². The maximum Gasteiger partial charge on any atom is 0.126 e. The highest BCUT2D eigenvalue weighted by molar-refractivity contribution is 5.19. The zero-order valence-electron chi connectivity index (χ0n) is 10.6. The van der Waals surface area contributed by atoms with E-state index in [0.717, 1.165) is 30.7 Å². The summed E-state index contributed by atoms with van der Waals surface area (Å²) in [5.41, 5.74) is 6.92. The van der Waals surface area contributed by atoms with Crippen LogP contribution in [0.2, 0.25) is 0 Å². The van der Waals surface area contributed by atoms with Crippen molar-refractivity contribution < 1.29 is 4.39 Å². The fourth-order valence-corrected chi connectivity index (χ4v) is 2.87. The van der Waals surface area contributed by atoms with Crippen LogP contribution < -0.4 is 5.73 Å². The number of hydrogen-bond acceptors (Lipinski definition) is 1. The molecule has 0 atom stereocenters. The second kappa shape index (κ2) is 5.18. The lowest BCUT2D eigenvalue weighted by molar-refractivity contribution is 0.162. The van der Waals surface area contributed by atoms with Crippen LogP contribution >= 0.6 is 0 Å². The summed E-state index contributed by atoms with van der Waals surface area (Å²) in [5, 5.41) is 0. The van der Waals surface area contributed by atoms with Crippen molar-refractivity contribution in [2.24, 2.45) is 17.1 Å². The number of hydrogen-bond donors (Lipinski definition) is 1. The van der Waals surface area contributed by atoms with E-state index in [4.69, 9.17) is 5.73 Å². The average Bonchev–Trinajstić information content (AvgIpc) is 2.35. The zero-order valence-corrected chi connectivity index (χ0v) is 10.6. The zero-order chi connectivity index (χ0) is 12.3. The van der Waals surface area contributed by atoms with Gasteiger partial charge in [-0.15, -0.1) is 0 Å². The number of nitrogens with two attached hydrogens (primary N) is 1. The molecule has 0 saturated heterocycles. The van der Waals surface area contributed by atoms with Crippen molar-refractivity contribution in [1.82, 2.24) is 0 Å². The quantitative estimate of drug-likeness (QED) is 0.852. The van der Waals surface area contributed by atoms with Crippen molar-refractivity contribution >= 4 is 0 Å². The van der Waals surface area contributed by atoms with Crippen molar-refractivity contribution in [2.45, 2.75) is 39.0 Å². The maximum atomic E-state index is 13.7. The van der Waals surface area contributed by atoms with Crippen molar-refractivity contribution in [3.63, 3.8) is 0 Å². The molecule has 1 aromatic rings. The summed E-state index contributed by atoms with van der Waals surface area (Å²) < 4.78 is 13.7. The number of halogens is 1. The summed E-state index contributed by atoms with van der Waals surface area (Å²) in [6.07, 6.45) is 5.53. The predicted octanol–water partition coefficient (Wildman–Crippen LogP) is 3.52. The van der Waals surface area contributed by atoms with E-state index in [1.165, 1.54) is 12.8 Å². The first-order valence-electron chi connectivity index (χ1n) is 6.59. The van der Waals surface area contributed by atoms with Crippen molar-refractivity contribution in [1.29, 1.82) is 0 Å². The summed E-state index contributed by atoms with van der Waals surface area (Å²) in [7, 11) is 0. The molecule has 1 fully saturated rings. The van der Waals surface area contributed by atoms with Crippen LogP contribution in [-0.4, -0.2) is 6.54 Å². The highest BCUT2D eigenvalue weighted by Crippen LogP contribution is 2.40. The minimum absolute atomic E-state index is 0.0843. The Kier molecular flexibility index (Phi) is 3.82. The topological polar surface area (TPSA) is 26.0 Å². The van der Waals surface area contributed by atoms with Crippen molar-refractivity contribution in [2.75, 3.05) is 6.54 Å². The molecule has 0 unspecified atom stereocenters. The predicted molar refractivity (Wildman–Crippen MR) is 69.2 cm³/mol. The summed E-state index contributed by atoms with van der Waals surface area (Å²) >= 11 is 0. The lowest BCUT2D eigenvalue weighted by Gasteiger charge is -2.39. The lowest BCUT2D eigenvalue weighted by Crippen LogP contribution is -2.36. The molecule has 1 nitrogen and oxygen atoms in total. The highest BCUT2D eigenvalue weighted by atomic mass is 19.1. The van der Waals surface area contributed by atoms with Gasteiger partial charge >= 0.3 is 0 Å². The number of rotatable bonds is 3. The molecule has 0 bridgehead atoms. The van der Waals surface area contributed by atoms with E-state index in [9.17, 15) is 4.39 Å². The van der Waals surface area contributed by atoms with Crippen LogP contribution in [-0.2, 0) is 6.42 Å². The first-order valence-corrected chi connectivity index (χ1v) is 6.59. The van der Waals surface area contributed by atoms with Gasteiger partial charge in [0.05, 0.1) is 0 Å². The van der Waals surface area contributed by atoms with Gasteiger partial charge in [0.1, 0.15) is 5.82 Å². The molecule has 0 aliphatic heterocycles. The fraction of sp³-hybridized carbons (Fsp3) is 0.600. The van der Waals surface area contributed by atoms with Gasteiger partial charge in [-0.25, -0.2) is 4.39 Å². The summed E-state index contributed by atoms with van der Waals surface area (Å²) in [4.78, 5) is 0. The minimum atomic E-state index is -0.0843. The summed E-state index contributed by atoms with van der Waals surface area (Å²) in [6.45, 7) is 2.97. The molecule has 1 aliphatic rings. The average molecular weight is 235 g/mol. The Balaban J connectivity index is 2.12. The van der Waals surface area contributed by atoms with E-state index in [1.807, 2.05) is 12.1 Å². The highest BCUT2D eigenvalue weighted by Gasteiger charge is 2.33.